The van der Waals surface area contributed by atoms with Crippen molar-refractivity contribution in [3.05, 3.63) is 33.2 Å². The average molecular weight is 436 g/mol. The van der Waals surface area contributed by atoms with E-state index in [1.54, 1.807) is 0 Å². The van der Waals surface area contributed by atoms with Gasteiger partial charge in [0.15, 0.2) is 5.13 Å². The largest absolute Gasteiger partial charge is 0.316 e. The third-order valence-corrected chi connectivity index (χ3v) is 4.78. The zero-order valence-corrected chi connectivity index (χ0v) is 14.9. The number of anilines is 1. The summed E-state index contributed by atoms with van der Waals surface area (Å²) >= 11 is 3.75. The van der Waals surface area contributed by atoms with Crippen LogP contribution >= 0.6 is 46.3 Å². The van der Waals surface area contributed by atoms with E-state index >= 15 is 0 Å². The molecule has 1 aliphatic rings. The molecule has 21 heavy (non-hydrogen) atoms. The summed E-state index contributed by atoms with van der Waals surface area (Å²) in [5, 5.41) is 8.76. The number of thiazole rings is 1. The molecule has 0 spiro atoms. The van der Waals surface area contributed by atoms with E-state index in [4.69, 9.17) is 0 Å². The lowest BCUT2D eigenvalue weighted by Crippen LogP contribution is -2.24. The summed E-state index contributed by atoms with van der Waals surface area (Å²) in [5.74, 6) is 0.138. The molecule has 0 bridgehead atoms. The summed E-state index contributed by atoms with van der Waals surface area (Å²) in [6.45, 7) is 1.69. The first kappa shape index (κ1) is 16.7. The Labute approximate surface area is 147 Å². The summed E-state index contributed by atoms with van der Waals surface area (Å²) in [4.78, 5) is 16.5. The minimum absolute atomic E-state index is 0. The van der Waals surface area contributed by atoms with Gasteiger partial charge in [-0.15, -0.1) is 23.7 Å². The van der Waals surface area contributed by atoms with Gasteiger partial charge in [-0.25, -0.2) is 4.98 Å². The Bertz CT molecular complexity index is 611. The molecule has 2 N–H and O–H groups in total. The number of halogens is 2. The van der Waals surface area contributed by atoms with Crippen molar-refractivity contribution in [2.75, 3.05) is 18.4 Å². The topological polar surface area (TPSA) is 54.0 Å². The van der Waals surface area contributed by atoms with Crippen LogP contribution in [0.2, 0.25) is 0 Å². The van der Waals surface area contributed by atoms with E-state index in [0.29, 0.717) is 5.13 Å². The summed E-state index contributed by atoms with van der Waals surface area (Å²) in [6, 6.07) is 8.20. The molecular formula is C14H15ClIN3OS. The van der Waals surface area contributed by atoms with E-state index in [0.717, 1.165) is 30.8 Å². The van der Waals surface area contributed by atoms with Gasteiger partial charge in [-0.3, -0.25) is 4.79 Å². The average Bonchev–Trinajstić information content (AvgIpc) is 3.10. The number of nitrogens with zero attached hydrogens (tertiary/aromatic N) is 1. The van der Waals surface area contributed by atoms with Crippen LogP contribution in [0.3, 0.4) is 0 Å². The minimum atomic E-state index is 0. The summed E-state index contributed by atoms with van der Waals surface area (Å²) in [5.41, 5.74) is 1.98. The highest BCUT2D eigenvalue weighted by Gasteiger charge is 2.23. The Morgan fingerprint density at radius 2 is 2.14 bits per heavy atom. The van der Waals surface area contributed by atoms with Crippen LogP contribution in [-0.4, -0.2) is 24.0 Å². The van der Waals surface area contributed by atoms with Crippen LogP contribution in [0.5, 0.6) is 0 Å². The number of rotatable bonds is 3. The zero-order chi connectivity index (χ0) is 13.9. The van der Waals surface area contributed by atoms with Gasteiger partial charge < -0.3 is 10.6 Å². The highest BCUT2D eigenvalue weighted by Crippen LogP contribution is 2.26. The van der Waals surface area contributed by atoms with Crippen LogP contribution in [0.1, 0.15) is 6.42 Å². The van der Waals surface area contributed by atoms with Crippen LogP contribution in [0, 0.1) is 9.49 Å². The van der Waals surface area contributed by atoms with Crippen molar-refractivity contribution in [2.45, 2.75) is 6.42 Å². The van der Waals surface area contributed by atoms with E-state index in [9.17, 15) is 4.79 Å². The van der Waals surface area contributed by atoms with Gasteiger partial charge in [0.05, 0.1) is 11.6 Å². The van der Waals surface area contributed by atoms with Crippen molar-refractivity contribution < 1.29 is 4.79 Å². The van der Waals surface area contributed by atoms with Gasteiger partial charge in [-0.05, 0) is 47.7 Å². The fraction of sp³-hybridized carbons (Fsp3) is 0.286. The molecule has 1 aliphatic heterocycles. The molecule has 2 heterocycles. The van der Waals surface area contributed by atoms with Crippen LogP contribution in [0.15, 0.2) is 29.6 Å². The van der Waals surface area contributed by atoms with Gasteiger partial charge >= 0.3 is 0 Å². The molecule has 4 nitrogen and oxygen atoms in total. The van der Waals surface area contributed by atoms with Gasteiger partial charge in [-0.1, -0.05) is 12.1 Å². The summed E-state index contributed by atoms with van der Waals surface area (Å²) in [6.07, 6.45) is 0.904. The van der Waals surface area contributed by atoms with Gasteiger partial charge in [0.2, 0.25) is 5.91 Å². The lowest BCUT2D eigenvalue weighted by Gasteiger charge is -2.06. The maximum absolute atomic E-state index is 12.0. The molecule has 0 aliphatic carbocycles. The van der Waals surface area contributed by atoms with Crippen LogP contribution in [0.4, 0.5) is 5.13 Å². The SMILES string of the molecule is Cl.O=C(Nc1nc(-c2ccc(I)cc2)cs1)C1CCNC1. The summed E-state index contributed by atoms with van der Waals surface area (Å²) < 4.78 is 1.20. The Kier molecular flexibility index (Phi) is 5.98. The number of amides is 1. The molecule has 2 aromatic rings. The lowest BCUT2D eigenvalue weighted by molar-refractivity contribution is -0.119. The Morgan fingerprint density at radius 1 is 1.38 bits per heavy atom. The number of carbonyl (C=O) groups excluding carboxylic acids is 1. The van der Waals surface area contributed by atoms with E-state index in [2.05, 4.69) is 50.3 Å². The Balaban J connectivity index is 0.00000161. The van der Waals surface area contributed by atoms with E-state index in [1.165, 1.54) is 14.9 Å². The minimum Gasteiger partial charge on any atom is -0.316 e. The molecule has 0 radical (unpaired) electrons. The first-order valence-corrected chi connectivity index (χ1v) is 8.41. The maximum Gasteiger partial charge on any atom is 0.230 e. The van der Waals surface area contributed by atoms with Gasteiger partial charge in [0.25, 0.3) is 0 Å². The second-order valence-corrected chi connectivity index (χ2v) is 6.83. The molecule has 3 rings (SSSR count). The predicted molar refractivity (Wildman–Crippen MR) is 97.1 cm³/mol. The van der Waals surface area contributed by atoms with E-state index in [1.807, 2.05) is 17.5 Å². The Hall–Kier alpha value is -0.700. The number of carbonyl (C=O) groups is 1. The van der Waals surface area contributed by atoms with Crippen molar-refractivity contribution in [1.29, 1.82) is 0 Å². The predicted octanol–water partition coefficient (Wildman–Crippen LogP) is 3.38. The van der Waals surface area contributed by atoms with E-state index in [-0.39, 0.29) is 24.2 Å². The number of hydrogen-bond donors (Lipinski definition) is 2. The van der Waals surface area contributed by atoms with Crippen molar-refractivity contribution in [3.8, 4) is 11.3 Å². The van der Waals surface area contributed by atoms with Crippen molar-refractivity contribution in [1.82, 2.24) is 10.3 Å². The van der Waals surface area contributed by atoms with Crippen LogP contribution in [-0.2, 0) is 4.79 Å². The zero-order valence-electron chi connectivity index (χ0n) is 11.1. The van der Waals surface area contributed by atoms with Gasteiger partial charge in [0, 0.05) is 21.1 Å². The molecule has 1 unspecified atom stereocenters. The third-order valence-electron chi connectivity index (χ3n) is 3.31. The van der Waals surface area contributed by atoms with Crippen molar-refractivity contribution in [2.24, 2.45) is 5.92 Å². The highest BCUT2D eigenvalue weighted by atomic mass is 127. The fourth-order valence-electron chi connectivity index (χ4n) is 2.17. The number of hydrogen-bond acceptors (Lipinski definition) is 4. The number of aromatic nitrogens is 1. The highest BCUT2D eigenvalue weighted by molar-refractivity contribution is 14.1. The molecule has 112 valence electrons. The smallest absolute Gasteiger partial charge is 0.230 e. The molecule has 1 aromatic heterocycles. The fourth-order valence-corrected chi connectivity index (χ4v) is 3.25. The number of nitrogens with one attached hydrogen (secondary N) is 2. The Morgan fingerprint density at radius 3 is 2.81 bits per heavy atom. The third kappa shape index (κ3) is 4.15. The lowest BCUT2D eigenvalue weighted by atomic mass is 10.1. The molecule has 0 saturated carbocycles. The molecule has 1 atom stereocenters. The second-order valence-electron chi connectivity index (χ2n) is 4.72. The normalized spacial score (nSPS) is 17.3. The van der Waals surface area contributed by atoms with Crippen LogP contribution in [0.25, 0.3) is 11.3 Å². The maximum atomic E-state index is 12.0. The molecule has 1 amide bonds. The molecule has 1 fully saturated rings. The number of benzene rings is 1. The molecule has 7 heteroatoms. The van der Waals surface area contributed by atoms with Crippen molar-refractivity contribution >= 4 is 57.4 Å². The molecular weight excluding hydrogens is 421 g/mol. The van der Waals surface area contributed by atoms with Crippen molar-refractivity contribution in [3.63, 3.8) is 0 Å². The van der Waals surface area contributed by atoms with E-state index < -0.39 is 0 Å². The quantitative estimate of drug-likeness (QED) is 0.727. The van der Waals surface area contributed by atoms with Gasteiger partial charge in [0.1, 0.15) is 0 Å². The first-order chi connectivity index (χ1) is 9.72. The standard InChI is InChI=1S/C14H14IN3OS.ClH/c15-11-3-1-9(2-4-11)12-8-20-14(17-12)18-13(19)10-5-6-16-7-10;/h1-4,8,10,16H,5-7H2,(H,17,18,19);1H. The molecule has 1 aromatic carbocycles. The first-order valence-electron chi connectivity index (χ1n) is 6.45. The second kappa shape index (κ2) is 7.53. The van der Waals surface area contributed by atoms with Gasteiger partial charge in [-0.2, -0.15) is 0 Å². The van der Waals surface area contributed by atoms with Crippen LogP contribution < -0.4 is 10.6 Å². The molecule has 1 saturated heterocycles. The monoisotopic (exact) mass is 435 g/mol. The summed E-state index contributed by atoms with van der Waals surface area (Å²) in [7, 11) is 0.